The number of carboxylic acids is 1. The molecule has 1 saturated heterocycles. The van der Waals surface area contributed by atoms with E-state index in [1.54, 1.807) is 6.07 Å². The van der Waals surface area contributed by atoms with Gasteiger partial charge in [-0.05, 0) is 43.4 Å². The van der Waals surface area contributed by atoms with E-state index in [0.29, 0.717) is 18.7 Å². The minimum absolute atomic E-state index is 0.114. The van der Waals surface area contributed by atoms with Gasteiger partial charge in [0.15, 0.2) is 6.61 Å². The normalized spacial score (nSPS) is 18.3. The zero-order valence-electron chi connectivity index (χ0n) is 12.2. The molecule has 21 heavy (non-hydrogen) atoms. The number of aryl methyl sites for hydroxylation is 1. The zero-order valence-corrected chi connectivity index (χ0v) is 12.2. The monoisotopic (exact) mass is 291 g/mol. The van der Waals surface area contributed by atoms with Gasteiger partial charge in [0, 0.05) is 6.54 Å². The predicted octanol–water partition coefficient (Wildman–Crippen LogP) is 2.09. The van der Waals surface area contributed by atoms with Crippen molar-refractivity contribution in [1.82, 2.24) is 4.90 Å². The summed E-state index contributed by atoms with van der Waals surface area (Å²) in [6.07, 6.45) is 3.12. The largest absolute Gasteiger partial charge is 0.484 e. The first kappa shape index (κ1) is 15.4. The van der Waals surface area contributed by atoms with Crippen molar-refractivity contribution < 1.29 is 19.4 Å². The van der Waals surface area contributed by atoms with Crippen LogP contribution in [0.15, 0.2) is 24.3 Å². The minimum atomic E-state index is -0.934. The highest BCUT2D eigenvalue weighted by Crippen LogP contribution is 2.18. The molecule has 1 aromatic carbocycles. The second-order valence-corrected chi connectivity index (χ2v) is 5.23. The number of likely N-dealkylation sites (tertiary alicyclic amines) is 1. The average Bonchev–Trinajstić information content (AvgIpc) is 2.52. The number of rotatable bonds is 5. The fraction of sp³-hybridized carbons (Fsp3) is 0.500. The van der Waals surface area contributed by atoms with E-state index in [-0.39, 0.29) is 12.5 Å². The van der Waals surface area contributed by atoms with Crippen molar-refractivity contribution in [3.05, 3.63) is 29.8 Å². The maximum absolute atomic E-state index is 12.2. The predicted molar refractivity (Wildman–Crippen MR) is 78.3 cm³/mol. The van der Waals surface area contributed by atoms with Gasteiger partial charge in [-0.25, -0.2) is 4.79 Å². The summed E-state index contributed by atoms with van der Waals surface area (Å²) in [6, 6.07) is 6.88. The van der Waals surface area contributed by atoms with Crippen LogP contribution in [0.3, 0.4) is 0 Å². The van der Waals surface area contributed by atoms with Crippen LogP contribution in [0.4, 0.5) is 0 Å². The molecule has 1 fully saturated rings. The topological polar surface area (TPSA) is 66.8 Å². The number of ether oxygens (including phenoxy) is 1. The molecule has 1 aliphatic rings. The number of hydrogen-bond donors (Lipinski definition) is 1. The second-order valence-electron chi connectivity index (χ2n) is 5.23. The molecular weight excluding hydrogens is 270 g/mol. The summed E-state index contributed by atoms with van der Waals surface area (Å²) in [4.78, 5) is 24.8. The van der Waals surface area contributed by atoms with Crippen LogP contribution in [0.25, 0.3) is 0 Å². The third kappa shape index (κ3) is 3.97. The summed E-state index contributed by atoms with van der Waals surface area (Å²) in [5.74, 6) is -0.549. The van der Waals surface area contributed by atoms with Crippen LogP contribution in [0.2, 0.25) is 0 Å². The molecule has 2 rings (SSSR count). The Bertz CT molecular complexity index is 515. The van der Waals surface area contributed by atoms with E-state index in [4.69, 9.17) is 4.74 Å². The van der Waals surface area contributed by atoms with E-state index in [0.717, 1.165) is 24.8 Å². The fourth-order valence-corrected chi connectivity index (χ4v) is 2.57. The lowest BCUT2D eigenvalue weighted by Gasteiger charge is -2.32. The molecule has 0 aliphatic carbocycles. The zero-order chi connectivity index (χ0) is 15.2. The first-order valence-corrected chi connectivity index (χ1v) is 7.36. The summed E-state index contributed by atoms with van der Waals surface area (Å²) < 4.78 is 5.51. The number of carbonyl (C=O) groups is 2. The van der Waals surface area contributed by atoms with Gasteiger partial charge >= 0.3 is 5.97 Å². The molecule has 0 saturated carbocycles. The Labute approximate surface area is 124 Å². The van der Waals surface area contributed by atoms with Crippen LogP contribution in [0.1, 0.15) is 31.7 Å². The quantitative estimate of drug-likeness (QED) is 0.902. The van der Waals surface area contributed by atoms with Crippen molar-refractivity contribution in [3.8, 4) is 5.75 Å². The summed E-state index contributed by atoms with van der Waals surface area (Å²) >= 11 is 0. The molecule has 0 spiro atoms. The maximum Gasteiger partial charge on any atom is 0.326 e. The van der Waals surface area contributed by atoms with E-state index in [1.165, 1.54) is 4.90 Å². The number of nitrogens with zero attached hydrogens (tertiary/aromatic N) is 1. The van der Waals surface area contributed by atoms with Gasteiger partial charge in [0.05, 0.1) is 0 Å². The third-order valence-corrected chi connectivity index (χ3v) is 3.78. The molecule has 0 radical (unpaired) electrons. The van der Waals surface area contributed by atoms with Gasteiger partial charge in [-0.15, -0.1) is 0 Å². The molecule has 1 atom stereocenters. The van der Waals surface area contributed by atoms with Crippen molar-refractivity contribution in [2.75, 3.05) is 13.2 Å². The Kier molecular flexibility index (Phi) is 5.20. The van der Waals surface area contributed by atoms with Crippen molar-refractivity contribution in [2.45, 2.75) is 38.6 Å². The van der Waals surface area contributed by atoms with Gasteiger partial charge in [0.2, 0.25) is 0 Å². The number of piperidine rings is 1. The van der Waals surface area contributed by atoms with Gasteiger partial charge < -0.3 is 14.7 Å². The van der Waals surface area contributed by atoms with Gasteiger partial charge in [0.1, 0.15) is 11.8 Å². The van der Waals surface area contributed by atoms with Crippen LogP contribution in [0.5, 0.6) is 5.75 Å². The van der Waals surface area contributed by atoms with E-state index >= 15 is 0 Å². The van der Waals surface area contributed by atoms with Crippen LogP contribution in [0, 0.1) is 0 Å². The molecule has 5 heteroatoms. The van der Waals surface area contributed by atoms with Crippen molar-refractivity contribution in [1.29, 1.82) is 0 Å². The highest BCUT2D eigenvalue weighted by molar-refractivity contribution is 5.84. The van der Waals surface area contributed by atoms with E-state index in [2.05, 4.69) is 6.92 Å². The number of hydrogen-bond acceptors (Lipinski definition) is 3. The lowest BCUT2D eigenvalue weighted by Crippen LogP contribution is -2.49. The summed E-state index contributed by atoms with van der Waals surface area (Å²) in [6.45, 7) is 2.43. The highest BCUT2D eigenvalue weighted by Gasteiger charge is 2.31. The number of amides is 1. The molecule has 1 N–H and O–H groups in total. The lowest BCUT2D eigenvalue weighted by molar-refractivity contribution is -0.152. The first-order valence-electron chi connectivity index (χ1n) is 7.36. The molecule has 0 unspecified atom stereocenters. The Morgan fingerprint density at radius 2 is 2.19 bits per heavy atom. The van der Waals surface area contributed by atoms with Crippen LogP contribution >= 0.6 is 0 Å². The smallest absolute Gasteiger partial charge is 0.326 e. The van der Waals surface area contributed by atoms with Crippen LogP contribution in [-0.4, -0.2) is 41.1 Å². The fourth-order valence-electron chi connectivity index (χ4n) is 2.57. The van der Waals surface area contributed by atoms with E-state index in [9.17, 15) is 14.7 Å². The molecule has 114 valence electrons. The first-order chi connectivity index (χ1) is 10.1. The Hall–Kier alpha value is -2.04. The Morgan fingerprint density at radius 3 is 2.90 bits per heavy atom. The molecule has 1 aromatic rings. The van der Waals surface area contributed by atoms with Crippen LogP contribution < -0.4 is 4.74 Å². The number of benzene rings is 1. The third-order valence-electron chi connectivity index (χ3n) is 3.78. The molecule has 0 aromatic heterocycles. The van der Waals surface area contributed by atoms with E-state index in [1.807, 2.05) is 18.2 Å². The SMILES string of the molecule is CCc1cccc(OCC(=O)N2CCCC[C@H]2C(=O)O)c1. The lowest BCUT2D eigenvalue weighted by atomic mass is 10.0. The standard InChI is InChI=1S/C16H21NO4/c1-2-12-6-5-7-13(10-12)21-11-15(18)17-9-4-3-8-14(17)16(19)20/h5-7,10,14H,2-4,8-9,11H2,1H3,(H,19,20)/t14-/m0/s1. The number of carbonyl (C=O) groups excluding carboxylic acids is 1. The highest BCUT2D eigenvalue weighted by atomic mass is 16.5. The second kappa shape index (κ2) is 7.11. The van der Waals surface area contributed by atoms with Gasteiger partial charge in [-0.1, -0.05) is 19.1 Å². The molecule has 0 bridgehead atoms. The summed E-state index contributed by atoms with van der Waals surface area (Å²) in [5, 5.41) is 9.18. The van der Waals surface area contributed by atoms with Crippen LogP contribution in [-0.2, 0) is 16.0 Å². The Morgan fingerprint density at radius 1 is 1.38 bits per heavy atom. The van der Waals surface area contributed by atoms with Gasteiger partial charge in [-0.2, -0.15) is 0 Å². The number of carboxylic acid groups (broad SMARTS) is 1. The molecule has 5 nitrogen and oxygen atoms in total. The van der Waals surface area contributed by atoms with Gasteiger partial charge in [-0.3, -0.25) is 4.79 Å². The minimum Gasteiger partial charge on any atom is -0.484 e. The van der Waals surface area contributed by atoms with E-state index < -0.39 is 12.0 Å². The van der Waals surface area contributed by atoms with Crippen molar-refractivity contribution >= 4 is 11.9 Å². The molecular formula is C16H21NO4. The summed E-state index contributed by atoms with van der Waals surface area (Å²) in [7, 11) is 0. The average molecular weight is 291 g/mol. The number of aliphatic carboxylic acids is 1. The van der Waals surface area contributed by atoms with Crippen molar-refractivity contribution in [2.24, 2.45) is 0 Å². The molecule has 1 amide bonds. The van der Waals surface area contributed by atoms with Crippen molar-refractivity contribution in [3.63, 3.8) is 0 Å². The molecule has 1 aliphatic heterocycles. The summed E-state index contributed by atoms with van der Waals surface area (Å²) in [5.41, 5.74) is 1.14. The Balaban J connectivity index is 1.95. The molecule has 1 heterocycles. The van der Waals surface area contributed by atoms with Gasteiger partial charge in [0.25, 0.3) is 5.91 Å². The maximum atomic E-state index is 12.2.